The van der Waals surface area contributed by atoms with Gasteiger partial charge in [0.2, 0.25) is 12.2 Å². The standard InChI is InChI=1S/C33H30N2O2.C15H13NO.C5H12O2.CH3I.CH4/c34-24-37-33-20-16-31(17-21-33)23-29-12-8-27(9-13-29)5-3-1-2-4-26-6-10-28(11-7-26)22-30-14-18-32(19-15-30)35-25-36;1-12-2-4-13(5-3-12)10-14-6-8-15(9-7-14)16-11-17;6-4-2-1-3-5-7;1-2;/h6-21H,1-5,22-23H2;2-9H,10H2,1H3;6-7H,1-5H2;1H3;1H4/i;;;1D;. The second-order valence-corrected chi connectivity index (χ2v) is 14.8. The maximum Gasteiger partial charge on any atom is 0.292 e. The molecule has 9 heteroatoms. The van der Waals surface area contributed by atoms with E-state index in [9.17, 15) is 9.59 Å². The number of benzene rings is 6. The van der Waals surface area contributed by atoms with Crippen LogP contribution < -0.4 is 4.74 Å². The molecule has 0 unspecified atom stereocenters. The predicted octanol–water partition coefficient (Wildman–Crippen LogP) is 13.0. The monoisotopic (exact) mass is 972 g/mol. The fraction of sp³-hybridized carbons (Fsp3) is 0.291. The van der Waals surface area contributed by atoms with Crippen LogP contribution in [0.5, 0.6) is 5.75 Å². The van der Waals surface area contributed by atoms with E-state index < -0.39 is 0 Å². The van der Waals surface area contributed by atoms with Crippen molar-refractivity contribution in [1.82, 2.24) is 0 Å². The molecule has 334 valence electrons. The van der Waals surface area contributed by atoms with Crippen molar-refractivity contribution in [2.45, 2.75) is 85.0 Å². The lowest BCUT2D eigenvalue weighted by Crippen LogP contribution is -1.92. The highest BCUT2D eigenvalue weighted by Gasteiger charge is 2.02. The van der Waals surface area contributed by atoms with Crippen LogP contribution in [-0.2, 0) is 41.7 Å². The Balaban J connectivity index is 0.000000427. The van der Waals surface area contributed by atoms with E-state index in [0.717, 1.165) is 51.4 Å². The summed E-state index contributed by atoms with van der Waals surface area (Å²) >= 11 is 1.96. The summed E-state index contributed by atoms with van der Waals surface area (Å²) < 4.78 is 11.0. The van der Waals surface area contributed by atoms with Gasteiger partial charge in [-0.05, 0) is 157 Å². The van der Waals surface area contributed by atoms with Crippen LogP contribution in [0.1, 0.15) is 97.4 Å². The second-order valence-electron chi connectivity index (χ2n) is 14.8. The number of aliphatic imine (C=N–C) groups is 2. The second kappa shape index (κ2) is 33.6. The molecule has 64 heavy (non-hydrogen) atoms. The Labute approximate surface area is 396 Å². The van der Waals surface area contributed by atoms with Gasteiger partial charge in [0.05, 0.1) is 11.4 Å². The molecule has 6 aromatic carbocycles. The number of aliphatic hydroxyl groups is 2. The molecule has 0 fully saturated rings. The molecule has 0 saturated heterocycles. The van der Waals surface area contributed by atoms with E-state index in [2.05, 4.69) is 89.7 Å². The molecule has 0 spiro atoms. The number of isocyanates is 2. The number of aliphatic hydroxyl groups excluding tert-OH is 2. The molecule has 0 bridgehead atoms. The van der Waals surface area contributed by atoms with Crippen LogP contribution in [0.25, 0.3) is 0 Å². The number of rotatable bonds is 19. The van der Waals surface area contributed by atoms with Crippen molar-refractivity contribution in [2.75, 3.05) is 18.1 Å². The van der Waals surface area contributed by atoms with Crippen LogP contribution in [0.4, 0.5) is 11.4 Å². The van der Waals surface area contributed by atoms with Gasteiger partial charge in [0, 0.05) is 14.6 Å². The van der Waals surface area contributed by atoms with E-state index in [1.165, 1.54) is 75.4 Å². The van der Waals surface area contributed by atoms with E-state index in [0.29, 0.717) is 22.0 Å². The van der Waals surface area contributed by atoms with Gasteiger partial charge < -0.3 is 14.9 Å². The third-order valence-electron chi connectivity index (χ3n) is 9.95. The fourth-order valence-electron chi connectivity index (χ4n) is 6.51. The molecule has 6 rings (SSSR count). The number of aryl methyl sites for hydroxylation is 3. The van der Waals surface area contributed by atoms with Crippen LogP contribution in [0.15, 0.2) is 156 Å². The molecule has 0 amide bonds. The Kier molecular flexibility index (Phi) is 27.5. The van der Waals surface area contributed by atoms with Gasteiger partial charge in [-0.15, -0.1) is 5.26 Å². The molecule has 8 nitrogen and oxygen atoms in total. The van der Waals surface area contributed by atoms with E-state index >= 15 is 0 Å². The third kappa shape index (κ3) is 22.4. The number of unbranched alkanes of at least 4 members (excludes halogenated alkanes) is 4. The van der Waals surface area contributed by atoms with Gasteiger partial charge in [-0.1, -0.05) is 151 Å². The van der Waals surface area contributed by atoms with Gasteiger partial charge in [-0.2, -0.15) is 9.98 Å². The van der Waals surface area contributed by atoms with Crippen LogP contribution in [0, 0.1) is 18.4 Å². The highest BCUT2D eigenvalue weighted by molar-refractivity contribution is 14.1. The Morgan fingerprint density at radius 1 is 0.516 bits per heavy atom. The lowest BCUT2D eigenvalue weighted by atomic mass is 9.99. The number of nitriles is 1. The van der Waals surface area contributed by atoms with Crippen molar-refractivity contribution in [3.05, 3.63) is 196 Å². The first-order valence-corrected chi connectivity index (χ1v) is 22.6. The van der Waals surface area contributed by atoms with Gasteiger partial charge in [0.25, 0.3) is 6.26 Å². The Morgan fingerprint density at radius 3 is 1.14 bits per heavy atom. The van der Waals surface area contributed by atoms with Gasteiger partial charge >= 0.3 is 0 Å². The minimum Gasteiger partial charge on any atom is -0.396 e. The number of halogens is 1. The van der Waals surface area contributed by atoms with Gasteiger partial charge in [-0.3, -0.25) is 0 Å². The summed E-state index contributed by atoms with van der Waals surface area (Å²) in [6.07, 6.45) is 15.8. The number of carbonyl (C=O) groups excluding carboxylic acids is 2. The van der Waals surface area contributed by atoms with E-state index in [4.69, 9.17) is 21.6 Å². The molecular formula is C55H62IN3O5. The molecule has 0 radical (unpaired) electrons. The number of hydrogen-bond donors (Lipinski definition) is 2. The lowest BCUT2D eigenvalue weighted by Gasteiger charge is -2.07. The first kappa shape index (κ1) is 52.4. The van der Waals surface area contributed by atoms with E-state index in [-0.39, 0.29) is 20.6 Å². The molecule has 2 N–H and O–H groups in total. The number of hydrogen-bond acceptors (Lipinski definition) is 8. The molecule has 6 aromatic rings. The average molecular weight is 973 g/mol. The van der Waals surface area contributed by atoms with Gasteiger partial charge in [0.15, 0.2) is 0 Å². The average Bonchev–Trinajstić information content (AvgIpc) is 3.31. The van der Waals surface area contributed by atoms with Crippen molar-refractivity contribution >= 4 is 46.1 Å². The summed E-state index contributed by atoms with van der Waals surface area (Å²) in [4.78, 5) is 28.1. The summed E-state index contributed by atoms with van der Waals surface area (Å²) in [6.45, 7) is 2.58. The summed E-state index contributed by atoms with van der Waals surface area (Å²) in [7, 11) is 0. The van der Waals surface area contributed by atoms with Crippen LogP contribution >= 0.6 is 22.6 Å². The molecule has 0 aliphatic heterocycles. The van der Waals surface area contributed by atoms with Crippen molar-refractivity contribution in [2.24, 2.45) is 9.98 Å². The van der Waals surface area contributed by atoms with Crippen LogP contribution in [0.3, 0.4) is 0 Å². The number of ether oxygens (including phenoxy) is 1. The quantitative estimate of drug-likeness (QED) is 0.0207. The van der Waals surface area contributed by atoms with Gasteiger partial charge in [0.1, 0.15) is 5.75 Å². The van der Waals surface area contributed by atoms with Crippen molar-refractivity contribution in [3.63, 3.8) is 0 Å². The zero-order valence-corrected chi connectivity index (χ0v) is 38.3. The Hall–Kier alpha value is -5.98. The molecule has 0 aliphatic rings. The molecule has 0 aliphatic carbocycles. The largest absolute Gasteiger partial charge is 0.396 e. The Morgan fingerprint density at radius 2 is 0.812 bits per heavy atom. The summed E-state index contributed by atoms with van der Waals surface area (Å²) in [5, 5.41) is 25.0. The zero-order valence-electron chi connectivity index (χ0n) is 37.1. The maximum absolute atomic E-state index is 10.3. The lowest BCUT2D eigenvalue weighted by molar-refractivity contribution is 0.257. The topological polar surface area (TPSA) is 132 Å². The van der Waals surface area contributed by atoms with Crippen molar-refractivity contribution in [3.8, 4) is 12.0 Å². The normalized spacial score (nSPS) is 9.89. The van der Waals surface area contributed by atoms with E-state index in [1.807, 2.05) is 95.4 Å². The molecular weight excluding hydrogens is 910 g/mol. The number of alkyl halides is 1. The first-order chi connectivity index (χ1) is 31.3. The fourth-order valence-corrected chi connectivity index (χ4v) is 6.51. The molecule has 0 atom stereocenters. The van der Waals surface area contributed by atoms with Crippen molar-refractivity contribution in [1.29, 1.82) is 5.26 Å². The SMILES string of the molecule is C.Cc1ccc(Cc2ccc(N=C=O)cc2)cc1.N#COc1ccc(Cc2ccc(CCCCCc3ccc(Cc4ccc(N=C=O)cc4)cc3)cc2)cc1.OCCCCCO.[2H]CI. The third-order valence-corrected chi connectivity index (χ3v) is 9.95. The molecule has 0 saturated carbocycles. The summed E-state index contributed by atoms with van der Waals surface area (Å²) in [5.74, 6) is 0.574. The molecule has 0 heterocycles. The smallest absolute Gasteiger partial charge is 0.292 e. The summed E-state index contributed by atoms with van der Waals surface area (Å²) in [5.41, 5.74) is 12.8. The van der Waals surface area contributed by atoms with Gasteiger partial charge in [-0.25, -0.2) is 9.59 Å². The molecule has 0 aromatic heterocycles. The van der Waals surface area contributed by atoms with Crippen LogP contribution in [0.2, 0.25) is 0 Å². The minimum absolute atomic E-state index is 0. The van der Waals surface area contributed by atoms with Crippen molar-refractivity contribution < 1.29 is 25.9 Å². The summed E-state index contributed by atoms with van der Waals surface area (Å²) in [6, 6.07) is 49.3. The number of nitrogens with zero attached hydrogens (tertiary/aromatic N) is 3. The highest BCUT2D eigenvalue weighted by Crippen LogP contribution is 2.20. The van der Waals surface area contributed by atoms with E-state index in [1.54, 1.807) is 12.3 Å². The Bertz CT molecular complexity index is 2300. The highest BCUT2D eigenvalue weighted by atomic mass is 127. The predicted molar refractivity (Wildman–Crippen MR) is 270 cm³/mol. The first-order valence-electron chi connectivity index (χ1n) is 21.8. The maximum atomic E-state index is 10.3. The minimum atomic E-state index is 0. The van der Waals surface area contributed by atoms with Crippen LogP contribution in [-0.4, -0.2) is 40.5 Å². The zero-order chi connectivity index (χ0) is 46.0.